The van der Waals surface area contributed by atoms with Crippen molar-refractivity contribution in [2.75, 3.05) is 52.9 Å². The van der Waals surface area contributed by atoms with Crippen molar-refractivity contribution >= 4 is 45.4 Å². The Morgan fingerprint density at radius 3 is 0.871 bits per heavy atom. The van der Waals surface area contributed by atoms with Crippen LogP contribution in [0.3, 0.4) is 0 Å². The number of carbonyl (C=O) groups excluding carboxylic acids is 4. The largest absolute Gasteiger partial charge is 0.491 e. The molecule has 0 saturated heterocycles. The molecule has 16 heteroatoms. The number of hydrogen-bond donors (Lipinski definition) is 4. The second-order valence-electron chi connectivity index (χ2n) is 19.2. The Labute approximate surface area is 490 Å². The van der Waals surface area contributed by atoms with E-state index in [4.69, 9.17) is 63.6 Å². The van der Waals surface area contributed by atoms with E-state index in [-0.39, 0.29) is 79.8 Å². The summed E-state index contributed by atoms with van der Waals surface area (Å²) in [6.45, 7) is -2.87. The second kappa shape index (κ2) is 29.4. The minimum Gasteiger partial charge on any atom is -0.491 e. The average Bonchev–Trinajstić information content (AvgIpc) is 2.12. The number of esters is 4. The second-order valence-corrected chi connectivity index (χ2v) is 19.2. The van der Waals surface area contributed by atoms with Gasteiger partial charge in [0, 0.05) is 39.8 Å². The smallest absolute Gasteiger partial charge is 0.338 e. The molecule has 4 unspecified atom stereocenters. The van der Waals surface area contributed by atoms with Crippen molar-refractivity contribution in [1.82, 2.24) is 0 Å². The van der Waals surface area contributed by atoms with E-state index in [2.05, 4.69) is 23.7 Å². The first-order chi connectivity index (χ1) is 41.2. The lowest BCUT2D eigenvalue weighted by Crippen LogP contribution is -2.26. The number of benzene rings is 8. The minimum atomic E-state index is -1.31. The van der Waals surface area contributed by atoms with E-state index in [9.17, 15) is 39.6 Å². The van der Waals surface area contributed by atoms with Gasteiger partial charge in [0.1, 0.15) is 100 Å². The number of ether oxygens (including phenoxy) is 8. The summed E-state index contributed by atoms with van der Waals surface area (Å²) in [5.74, 6) is 8.41. The SMILES string of the molecule is C#Cc1ccc(C(=O)OCC(O)COc2ccc3ccc(OCC(O)COC(=O)c4ccc(C#C)cc4)c(Cc4c(OCC(O)COC(=O)c5ccc(C#C)cc5)ccc5ccc(OCC(O)COC(=O)c6ccc(C#C)cc6)cc45)c3c2)cc1. The van der Waals surface area contributed by atoms with Crippen molar-refractivity contribution in [3.63, 3.8) is 0 Å². The van der Waals surface area contributed by atoms with Gasteiger partial charge >= 0.3 is 23.9 Å². The van der Waals surface area contributed by atoms with Crippen molar-refractivity contribution in [3.05, 3.63) is 213 Å². The third-order valence-electron chi connectivity index (χ3n) is 13.0. The molecule has 0 aliphatic carbocycles. The Morgan fingerprint density at radius 2 is 0.600 bits per heavy atom. The van der Waals surface area contributed by atoms with Crippen molar-refractivity contribution in [1.29, 1.82) is 0 Å². The summed E-state index contributed by atoms with van der Waals surface area (Å²) in [5.41, 5.74) is 4.33. The molecule has 0 aliphatic heterocycles. The summed E-state index contributed by atoms with van der Waals surface area (Å²) in [5, 5.41) is 46.8. The van der Waals surface area contributed by atoms with Crippen LogP contribution < -0.4 is 18.9 Å². The molecule has 4 N–H and O–H groups in total. The van der Waals surface area contributed by atoms with Gasteiger partial charge in [-0.25, -0.2) is 19.2 Å². The number of hydrogen-bond acceptors (Lipinski definition) is 16. The van der Waals surface area contributed by atoms with Crippen LogP contribution in [-0.2, 0) is 25.4 Å². The first kappa shape index (κ1) is 60.5. The van der Waals surface area contributed by atoms with E-state index in [0.717, 1.165) is 0 Å². The van der Waals surface area contributed by atoms with E-state index in [0.29, 0.717) is 66.4 Å². The highest BCUT2D eigenvalue weighted by atomic mass is 16.6. The van der Waals surface area contributed by atoms with Crippen LogP contribution in [0, 0.1) is 49.4 Å². The lowest BCUT2D eigenvalue weighted by molar-refractivity contribution is 0.0127. The third kappa shape index (κ3) is 16.8. The van der Waals surface area contributed by atoms with Gasteiger partial charge < -0.3 is 58.3 Å². The molecule has 85 heavy (non-hydrogen) atoms. The summed E-state index contributed by atoms with van der Waals surface area (Å²) in [7, 11) is 0. The normalized spacial score (nSPS) is 12.1. The number of terminal acetylenes is 4. The van der Waals surface area contributed by atoms with Crippen molar-refractivity contribution in [2.24, 2.45) is 0 Å². The summed E-state index contributed by atoms with van der Waals surface area (Å²) < 4.78 is 46.4. The zero-order valence-electron chi connectivity index (χ0n) is 45.7. The monoisotopic (exact) mass is 1140 g/mol. The molecule has 0 bridgehead atoms. The summed E-state index contributed by atoms with van der Waals surface area (Å²) in [6.07, 6.45) is 16.7. The standard InChI is InChI=1S/C69H56O16/c1-5-44-9-17-50(18-10-44)66(74)82-40-54(70)36-78-58-29-25-48-27-31-64(80-38-56(72)42-84-68(76)52-21-13-46(7-3)14-22-52)62(60(48)33-58)35-63-61-34-59(79-37-55(71)41-83-67(75)51-19-11-45(6-2)12-20-51)30-26-49(61)28-32-65(63)81-39-57(73)43-85-69(77)53-23-15-47(8-4)16-24-53/h1-4,9-34,54-57,70-73H,35-43H2. The molecule has 16 nitrogen and oxygen atoms in total. The number of aliphatic hydroxyl groups is 4. The zero-order chi connectivity index (χ0) is 60.2. The van der Waals surface area contributed by atoms with Gasteiger partial charge in [0.25, 0.3) is 0 Å². The van der Waals surface area contributed by atoms with Crippen LogP contribution in [-0.4, -0.2) is 122 Å². The quantitative estimate of drug-likeness (QED) is 0.0230. The fourth-order valence-corrected chi connectivity index (χ4v) is 8.45. The number of aliphatic hydroxyl groups excluding tert-OH is 4. The Morgan fingerprint density at radius 1 is 0.341 bits per heavy atom. The zero-order valence-corrected chi connectivity index (χ0v) is 45.7. The Kier molecular flexibility index (Phi) is 21.0. The molecule has 0 heterocycles. The minimum absolute atomic E-state index is 0.0194. The van der Waals surface area contributed by atoms with Crippen LogP contribution in [0.5, 0.6) is 23.0 Å². The van der Waals surface area contributed by atoms with E-state index < -0.39 is 61.5 Å². The maximum Gasteiger partial charge on any atom is 0.338 e. The molecular weight excluding hydrogens is 1080 g/mol. The van der Waals surface area contributed by atoms with Crippen LogP contribution in [0.4, 0.5) is 0 Å². The molecule has 428 valence electrons. The number of rotatable bonds is 26. The Bertz CT molecular complexity index is 3580. The molecular formula is C69H56O16. The molecule has 0 aromatic heterocycles. The maximum atomic E-state index is 12.9. The predicted octanol–water partition coefficient (Wildman–Crippen LogP) is 7.90. The maximum absolute atomic E-state index is 12.9. The van der Waals surface area contributed by atoms with Gasteiger partial charge in [0.05, 0.1) is 22.3 Å². The third-order valence-corrected chi connectivity index (χ3v) is 13.0. The number of fused-ring (bicyclic) bond motifs is 2. The molecule has 8 aromatic carbocycles. The highest BCUT2D eigenvalue weighted by molar-refractivity contribution is 5.94. The summed E-state index contributed by atoms with van der Waals surface area (Å²) >= 11 is 0. The Hall–Kier alpha value is -10.6. The molecule has 8 rings (SSSR count). The van der Waals surface area contributed by atoms with Gasteiger partial charge in [0.2, 0.25) is 0 Å². The van der Waals surface area contributed by atoms with Crippen molar-refractivity contribution in [2.45, 2.75) is 30.8 Å². The lowest BCUT2D eigenvalue weighted by atomic mass is 9.93. The van der Waals surface area contributed by atoms with Crippen molar-refractivity contribution < 1.29 is 77.5 Å². The van der Waals surface area contributed by atoms with Crippen molar-refractivity contribution in [3.8, 4) is 72.4 Å². The van der Waals surface area contributed by atoms with Gasteiger partial charge in [-0.1, -0.05) is 47.9 Å². The summed E-state index contributed by atoms with van der Waals surface area (Å²) in [6, 6.07) is 42.4. The van der Waals surface area contributed by atoms with Crippen LogP contribution >= 0.6 is 0 Å². The summed E-state index contributed by atoms with van der Waals surface area (Å²) in [4.78, 5) is 51.3. The van der Waals surface area contributed by atoms with Crippen LogP contribution in [0.15, 0.2) is 158 Å². The predicted molar refractivity (Wildman–Crippen MR) is 315 cm³/mol. The molecule has 0 radical (unpaired) electrons. The van der Waals surface area contributed by atoms with E-state index in [1.807, 2.05) is 0 Å². The average molecular weight is 1140 g/mol. The van der Waals surface area contributed by atoms with E-state index in [1.54, 1.807) is 109 Å². The highest BCUT2D eigenvalue weighted by Gasteiger charge is 2.22. The topological polar surface area (TPSA) is 223 Å². The van der Waals surface area contributed by atoms with E-state index in [1.165, 1.54) is 48.5 Å². The Balaban J connectivity index is 1.08. The van der Waals surface area contributed by atoms with Gasteiger partial charge in [-0.3, -0.25) is 0 Å². The van der Waals surface area contributed by atoms with Gasteiger partial charge in [-0.15, -0.1) is 25.7 Å². The first-order valence-electron chi connectivity index (χ1n) is 26.5. The molecule has 0 spiro atoms. The van der Waals surface area contributed by atoms with Gasteiger partial charge in [-0.2, -0.15) is 0 Å². The van der Waals surface area contributed by atoms with Crippen LogP contribution in [0.25, 0.3) is 21.5 Å². The lowest BCUT2D eigenvalue weighted by Gasteiger charge is -2.21. The number of carbonyl (C=O) groups is 4. The van der Waals surface area contributed by atoms with Crippen LogP contribution in [0.2, 0.25) is 0 Å². The van der Waals surface area contributed by atoms with E-state index >= 15 is 0 Å². The fourth-order valence-electron chi connectivity index (χ4n) is 8.45. The van der Waals surface area contributed by atoms with Gasteiger partial charge in [-0.05, 0) is 155 Å². The molecule has 0 saturated carbocycles. The van der Waals surface area contributed by atoms with Crippen LogP contribution in [0.1, 0.15) is 74.8 Å². The fraction of sp³-hybridized carbons (Fsp3) is 0.188. The molecule has 0 amide bonds. The molecule has 0 fully saturated rings. The first-order valence-corrected chi connectivity index (χ1v) is 26.5. The molecule has 4 atom stereocenters. The molecule has 8 aromatic rings. The molecule has 0 aliphatic rings. The van der Waals surface area contributed by atoms with Gasteiger partial charge in [0.15, 0.2) is 0 Å². The highest BCUT2D eigenvalue weighted by Crippen LogP contribution is 2.39.